The third-order valence-corrected chi connectivity index (χ3v) is 8.16. The predicted molar refractivity (Wildman–Crippen MR) is 149 cm³/mol. The van der Waals surface area contributed by atoms with Gasteiger partial charge in [0.1, 0.15) is 18.4 Å². The summed E-state index contributed by atoms with van der Waals surface area (Å²) in [4.78, 5) is 28.1. The maximum atomic E-state index is 13.8. The third-order valence-electron chi connectivity index (χ3n) is 5.84. The van der Waals surface area contributed by atoms with E-state index in [0.717, 1.165) is 8.78 Å². The first-order valence-corrected chi connectivity index (χ1v) is 14.4. The van der Waals surface area contributed by atoms with E-state index < -0.39 is 34.3 Å². The number of rotatable bonds is 11. The van der Waals surface area contributed by atoms with Crippen LogP contribution < -0.4 is 9.62 Å². The quantitative estimate of drug-likeness (QED) is 0.335. The summed E-state index contributed by atoms with van der Waals surface area (Å²) in [6.07, 6.45) is 0. The Morgan fingerprint density at radius 2 is 1.53 bits per heavy atom. The lowest BCUT2D eigenvalue weighted by Gasteiger charge is -2.32. The standard InChI is InChI=1S/C28H31BrFN3O4S/c1-20(2)17-31-28(35)21(3)32(18-22-9-13-24(30)14-10-22)27(34)19-33(25-15-11-23(29)12-16-25)38(36,37)26-7-5-4-6-8-26/h4-16,20-21H,17-19H2,1-3H3,(H,31,35). The van der Waals surface area contributed by atoms with E-state index >= 15 is 0 Å². The monoisotopic (exact) mass is 603 g/mol. The van der Waals surface area contributed by atoms with Crippen molar-refractivity contribution in [2.24, 2.45) is 5.92 Å². The van der Waals surface area contributed by atoms with Crippen LogP contribution in [0, 0.1) is 11.7 Å². The van der Waals surface area contributed by atoms with Crippen LogP contribution in [0.1, 0.15) is 26.3 Å². The number of nitrogens with one attached hydrogen (secondary N) is 1. The molecule has 2 amide bonds. The van der Waals surface area contributed by atoms with Gasteiger partial charge in [0.25, 0.3) is 10.0 Å². The maximum Gasteiger partial charge on any atom is 0.264 e. The van der Waals surface area contributed by atoms with Gasteiger partial charge in [-0.05, 0) is 66.9 Å². The van der Waals surface area contributed by atoms with Crippen molar-refractivity contribution in [1.29, 1.82) is 0 Å². The number of nitrogens with zero attached hydrogens (tertiary/aromatic N) is 2. The van der Waals surface area contributed by atoms with Gasteiger partial charge in [-0.3, -0.25) is 13.9 Å². The number of amides is 2. The minimum atomic E-state index is -4.12. The highest BCUT2D eigenvalue weighted by Crippen LogP contribution is 2.26. The van der Waals surface area contributed by atoms with Gasteiger partial charge < -0.3 is 10.2 Å². The molecule has 1 unspecified atom stereocenters. The van der Waals surface area contributed by atoms with Gasteiger partial charge in [-0.2, -0.15) is 0 Å². The zero-order valence-electron chi connectivity index (χ0n) is 21.5. The lowest BCUT2D eigenvalue weighted by atomic mass is 10.1. The molecule has 202 valence electrons. The molecule has 1 atom stereocenters. The van der Waals surface area contributed by atoms with Gasteiger partial charge >= 0.3 is 0 Å². The molecule has 1 N–H and O–H groups in total. The summed E-state index contributed by atoms with van der Waals surface area (Å²) in [6.45, 7) is 5.38. The van der Waals surface area contributed by atoms with Crippen LogP contribution in [0.3, 0.4) is 0 Å². The fourth-order valence-electron chi connectivity index (χ4n) is 3.68. The molecule has 3 aromatic carbocycles. The summed E-state index contributed by atoms with van der Waals surface area (Å²) in [6, 6.07) is 19.1. The Balaban J connectivity index is 1.98. The molecule has 10 heteroatoms. The van der Waals surface area contributed by atoms with Gasteiger partial charge in [0.15, 0.2) is 0 Å². The topological polar surface area (TPSA) is 86.8 Å². The first-order chi connectivity index (χ1) is 18.0. The Hall–Kier alpha value is -3.24. The minimum absolute atomic E-state index is 0.00502. The van der Waals surface area contributed by atoms with Crippen LogP contribution in [0.5, 0.6) is 0 Å². The first kappa shape index (κ1) is 29.3. The highest BCUT2D eigenvalue weighted by atomic mass is 79.9. The lowest BCUT2D eigenvalue weighted by molar-refractivity contribution is -0.139. The largest absolute Gasteiger partial charge is 0.354 e. The summed E-state index contributed by atoms with van der Waals surface area (Å²) < 4.78 is 42.6. The molecule has 3 rings (SSSR count). The molecule has 0 spiro atoms. The normalized spacial score (nSPS) is 12.2. The Morgan fingerprint density at radius 1 is 0.921 bits per heavy atom. The molecule has 0 heterocycles. The van der Waals surface area contributed by atoms with Crippen LogP contribution in [0.15, 0.2) is 88.2 Å². The fraction of sp³-hybridized carbons (Fsp3) is 0.286. The van der Waals surface area contributed by atoms with E-state index in [1.165, 1.54) is 41.3 Å². The summed E-state index contributed by atoms with van der Waals surface area (Å²) in [5.41, 5.74) is 0.897. The molecule has 0 aliphatic heterocycles. The van der Waals surface area contributed by atoms with Crippen LogP contribution in [0.4, 0.5) is 10.1 Å². The van der Waals surface area contributed by atoms with Crippen LogP contribution in [0.25, 0.3) is 0 Å². The molecular formula is C28H31BrFN3O4S. The zero-order chi connectivity index (χ0) is 27.9. The summed E-state index contributed by atoms with van der Waals surface area (Å²) in [5.74, 6) is -1.17. The van der Waals surface area contributed by atoms with Crippen LogP contribution in [0.2, 0.25) is 0 Å². The van der Waals surface area contributed by atoms with Crippen molar-refractivity contribution in [3.8, 4) is 0 Å². The maximum absolute atomic E-state index is 13.8. The second-order valence-electron chi connectivity index (χ2n) is 9.26. The molecule has 0 fully saturated rings. The second kappa shape index (κ2) is 13.0. The van der Waals surface area contributed by atoms with Gasteiger partial charge in [-0.1, -0.05) is 60.1 Å². The molecule has 0 bridgehead atoms. The number of carbonyl (C=O) groups is 2. The van der Waals surface area contributed by atoms with Crippen LogP contribution in [-0.4, -0.2) is 44.3 Å². The SMILES string of the molecule is CC(C)CNC(=O)C(C)N(Cc1ccc(F)cc1)C(=O)CN(c1ccc(Br)cc1)S(=O)(=O)c1ccccc1. The zero-order valence-corrected chi connectivity index (χ0v) is 23.9. The molecule has 7 nitrogen and oxygen atoms in total. The van der Waals surface area contributed by atoms with E-state index in [0.29, 0.717) is 17.8 Å². The molecule has 0 aliphatic carbocycles. The Labute approximate surface area is 231 Å². The highest BCUT2D eigenvalue weighted by Gasteiger charge is 2.32. The molecule has 3 aromatic rings. The van der Waals surface area contributed by atoms with Crippen molar-refractivity contribution in [2.75, 3.05) is 17.4 Å². The average molecular weight is 605 g/mol. The van der Waals surface area contributed by atoms with Gasteiger partial charge in [0, 0.05) is 17.6 Å². The average Bonchev–Trinajstić information content (AvgIpc) is 2.90. The van der Waals surface area contributed by atoms with Crippen molar-refractivity contribution in [2.45, 2.75) is 38.3 Å². The number of sulfonamides is 1. The number of benzene rings is 3. The van der Waals surface area contributed by atoms with E-state index in [-0.39, 0.29) is 23.3 Å². The van der Waals surface area contributed by atoms with E-state index in [2.05, 4.69) is 21.2 Å². The van der Waals surface area contributed by atoms with E-state index in [1.807, 2.05) is 13.8 Å². The molecule has 0 saturated carbocycles. The molecule has 0 aliphatic rings. The minimum Gasteiger partial charge on any atom is -0.354 e. The molecule has 38 heavy (non-hydrogen) atoms. The van der Waals surface area contributed by atoms with Crippen molar-refractivity contribution < 1.29 is 22.4 Å². The predicted octanol–water partition coefficient (Wildman–Crippen LogP) is 4.97. The van der Waals surface area contributed by atoms with Crippen molar-refractivity contribution >= 4 is 43.5 Å². The van der Waals surface area contributed by atoms with Crippen molar-refractivity contribution in [3.63, 3.8) is 0 Å². The fourth-order valence-corrected chi connectivity index (χ4v) is 5.38. The third kappa shape index (κ3) is 7.64. The van der Waals surface area contributed by atoms with Crippen molar-refractivity contribution in [3.05, 3.63) is 94.7 Å². The van der Waals surface area contributed by atoms with Gasteiger partial charge in [0.2, 0.25) is 11.8 Å². The highest BCUT2D eigenvalue weighted by molar-refractivity contribution is 9.10. The number of hydrogen-bond acceptors (Lipinski definition) is 4. The lowest BCUT2D eigenvalue weighted by Crippen LogP contribution is -2.51. The summed E-state index contributed by atoms with van der Waals surface area (Å²) in [5, 5.41) is 2.83. The Bertz CT molecular complexity index is 1330. The molecule has 0 radical (unpaired) electrons. The molecular weight excluding hydrogens is 573 g/mol. The molecule has 0 aromatic heterocycles. The van der Waals surface area contributed by atoms with Gasteiger partial charge in [-0.25, -0.2) is 12.8 Å². The smallest absolute Gasteiger partial charge is 0.264 e. The van der Waals surface area contributed by atoms with Crippen LogP contribution in [-0.2, 0) is 26.2 Å². The molecule has 0 saturated heterocycles. The van der Waals surface area contributed by atoms with E-state index in [1.54, 1.807) is 49.4 Å². The Morgan fingerprint density at radius 3 is 2.11 bits per heavy atom. The van der Waals surface area contributed by atoms with Gasteiger partial charge in [-0.15, -0.1) is 0 Å². The number of hydrogen-bond donors (Lipinski definition) is 1. The first-order valence-electron chi connectivity index (χ1n) is 12.1. The summed E-state index contributed by atoms with van der Waals surface area (Å²) >= 11 is 3.35. The second-order valence-corrected chi connectivity index (χ2v) is 12.0. The van der Waals surface area contributed by atoms with E-state index in [9.17, 15) is 22.4 Å². The van der Waals surface area contributed by atoms with Crippen molar-refractivity contribution in [1.82, 2.24) is 10.2 Å². The number of anilines is 1. The number of halogens is 2. The van der Waals surface area contributed by atoms with Crippen LogP contribution >= 0.6 is 15.9 Å². The van der Waals surface area contributed by atoms with Gasteiger partial charge in [0.05, 0.1) is 10.6 Å². The van der Waals surface area contributed by atoms with E-state index in [4.69, 9.17) is 0 Å². The Kier molecular flexibility index (Phi) is 10.0. The summed E-state index contributed by atoms with van der Waals surface area (Å²) in [7, 11) is -4.12. The number of carbonyl (C=O) groups excluding carboxylic acids is 2.